The van der Waals surface area contributed by atoms with Gasteiger partial charge in [0.15, 0.2) is 5.72 Å². The van der Waals surface area contributed by atoms with Gasteiger partial charge in [-0.3, -0.25) is 4.90 Å². The van der Waals surface area contributed by atoms with Crippen molar-refractivity contribution in [2.45, 2.75) is 64.1 Å². The van der Waals surface area contributed by atoms with E-state index in [9.17, 15) is 9.90 Å². The maximum atomic E-state index is 12.5. The van der Waals surface area contributed by atoms with Crippen molar-refractivity contribution in [1.82, 2.24) is 4.90 Å². The first-order valence-electron chi connectivity index (χ1n) is 9.32. The van der Waals surface area contributed by atoms with Gasteiger partial charge in [0.2, 0.25) is 0 Å². The van der Waals surface area contributed by atoms with Crippen LogP contribution in [0.15, 0.2) is 24.3 Å². The molecule has 1 aliphatic rings. The topological polar surface area (TPSA) is 59.0 Å². The highest BCUT2D eigenvalue weighted by atomic mass is 127. The molecule has 1 aliphatic carbocycles. The normalized spacial score (nSPS) is 17.9. The molecule has 1 fully saturated rings. The Labute approximate surface area is 170 Å². The highest BCUT2D eigenvalue weighted by Gasteiger charge is 2.47. The van der Waals surface area contributed by atoms with Crippen LogP contribution in [-0.2, 0) is 15.2 Å². The fraction of sp³-hybridized carbons (Fsp3) is 0.650. The first-order valence-corrected chi connectivity index (χ1v) is 10.4. The van der Waals surface area contributed by atoms with Crippen molar-refractivity contribution in [3.05, 3.63) is 33.4 Å². The second-order valence-corrected chi connectivity index (χ2v) is 8.52. The molecular formula is C20H30INO4. The lowest BCUT2D eigenvalue weighted by atomic mass is 9.86. The van der Waals surface area contributed by atoms with Gasteiger partial charge in [0.25, 0.3) is 0 Å². The number of amides is 1. The van der Waals surface area contributed by atoms with Gasteiger partial charge in [-0.15, -0.1) is 0 Å². The minimum atomic E-state index is -1.05. The van der Waals surface area contributed by atoms with E-state index in [1.807, 2.05) is 24.3 Å². The second kappa shape index (κ2) is 9.90. The Morgan fingerprint density at radius 1 is 1.31 bits per heavy atom. The summed E-state index contributed by atoms with van der Waals surface area (Å²) in [6.07, 6.45) is 4.71. The number of ether oxygens (including phenoxy) is 2. The zero-order chi connectivity index (χ0) is 19.2. The summed E-state index contributed by atoms with van der Waals surface area (Å²) in [6, 6.07) is 7.87. The van der Waals surface area contributed by atoms with Gasteiger partial charge in [-0.2, -0.15) is 0 Å². The summed E-state index contributed by atoms with van der Waals surface area (Å²) in [4.78, 5) is 14.1. The monoisotopic (exact) mass is 475 g/mol. The molecule has 1 atom stereocenters. The molecule has 0 heterocycles. The van der Waals surface area contributed by atoms with E-state index in [1.54, 1.807) is 12.0 Å². The fourth-order valence-electron chi connectivity index (χ4n) is 3.98. The van der Waals surface area contributed by atoms with E-state index in [1.165, 1.54) is 6.42 Å². The fourth-order valence-corrected chi connectivity index (χ4v) is 4.79. The molecule has 146 valence electrons. The maximum absolute atomic E-state index is 12.5. The molecule has 1 amide bonds. The summed E-state index contributed by atoms with van der Waals surface area (Å²) in [5, 5.41) is 10.2. The molecule has 1 aromatic carbocycles. The molecule has 0 radical (unpaired) electrons. The molecule has 1 aromatic rings. The maximum Gasteiger partial charge on any atom is 0.410 e. The third-order valence-corrected chi connectivity index (χ3v) is 5.87. The molecule has 1 N–H and O–H groups in total. The van der Waals surface area contributed by atoms with Crippen molar-refractivity contribution < 1.29 is 19.4 Å². The van der Waals surface area contributed by atoms with Crippen molar-refractivity contribution >= 4 is 28.7 Å². The molecule has 0 aromatic heterocycles. The summed E-state index contributed by atoms with van der Waals surface area (Å²) in [5.41, 5.74) is -0.144. The van der Waals surface area contributed by atoms with E-state index in [2.05, 4.69) is 36.4 Å². The zero-order valence-corrected chi connectivity index (χ0v) is 18.1. The van der Waals surface area contributed by atoms with Crippen LogP contribution in [0.3, 0.4) is 0 Å². The van der Waals surface area contributed by atoms with Crippen LogP contribution in [0.2, 0.25) is 0 Å². The molecule has 6 heteroatoms. The van der Waals surface area contributed by atoms with Crippen molar-refractivity contribution in [1.29, 1.82) is 0 Å². The number of benzene rings is 1. The van der Waals surface area contributed by atoms with Crippen LogP contribution in [0.1, 0.15) is 57.9 Å². The minimum absolute atomic E-state index is 0.0344. The Morgan fingerprint density at radius 3 is 2.50 bits per heavy atom. The molecule has 2 rings (SSSR count). The molecule has 0 saturated heterocycles. The van der Waals surface area contributed by atoms with Gasteiger partial charge in [0.1, 0.15) is 6.79 Å². The first kappa shape index (κ1) is 21.4. The van der Waals surface area contributed by atoms with Gasteiger partial charge < -0.3 is 14.6 Å². The average Bonchev–Trinajstić information content (AvgIpc) is 2.60. The number of carboxylic acid groups (broad SMARTS) is 1. The smallest absolute Gasteiger partial charge is 0.410 e. The summed E-state index contributed by atoms with van der Waals surface area (Å²) in [7, 11) is 1.57. The number of rotatable bonds is 8. The number of hydrogen-bond acceptors (Lipinski definition) is 3. The van der Waals surface area contributed by atoms with Crippen LogP contribution in [0.4, 0.5) is 4.79 Å². The Hall–Kier alpha value is -0.860. The number of methoxy groups -OCH3 is 1. The average molecular weight is 475 g/mol. The van der Waals surface area contributed by atoms with E-state index in [0.717, 1.165) is 34.8 Å². The van der Waals surface area contributed by atoms with Crippen LogP contribution < -0.4 is 0 Å². The molecule has 0 spiro atoms. The largest absolute Gasteiger partial charge is 0.465 e. The lowest BCUT2D eigenvalue weighted by Gasteiger charge is -2.48. The summed E-state index contributed by atoms with van der Waals surface area (Å²) in [5.74, 6) is 0.258. The molecule has 26 heavy (non-hydrogen) atoms. The van der Waals surface area contributed by atoms with Crippen LogP contribution in [0.25, 0.3) is 0 Å². The van der Waals surface area contributed by atoms with Crippen molar-refractivity contribution in [2.75, 3.05) is 13.9 Å². The second-order valence-electron chi connectivity index (χ2n) is 7.36. The Morgan fingerprint density at radius 2 is 1.96 bits per heavy atom. The lowest BCUT2D eigenvalue weighted by Crippen LogP contribution is -2.57. The van der Waals surface area contributed by atoms with Gasteiger partial charge in [0, 0.05) is 28.7 Å². The van der Waals surface area contributed by atoms with Crippen molar-refractivity contribution in [3.63, 3.8) is 0 Å². The predicted molar refractivity (Wildman–Crippen MR) is 110 cm³/mol. The van der Waals surface area contributed by atoms with E-state index in [-0.39, 0.29) is 18.8 Å². The van der Waals surface area contributed by atoms with Gasteiger partial charge in [-0.1, -0.05) is 51.3 Å². The van der Waals surface area contributed by atoms with Crippen LogP contribution in [0.5, 0.6) is 0 Å². The quantitative estimate of drug-likeness (QED) is 0.403. The van der Waals surface area contributed by atoms with E-state index in [4.69, 9.17) is 9.47 Å². The van der Waals surface area contributed by atoms with Gasteiger partial charge in [-0.25, -0.2) is 4.79 Å². The molecule has 0 aliphatic heterocycles. The summed E-state index contributed by atoms with van der Waals surface area (Å²) < 4.78 is 12.5. The third-order valence-electron chi connectivity index (χ3n) is 4.93. The van der Waals surface area contributed by atoms with E-state index in [0.29, 0.717) is 6.42 Å². The molecule has 0 unspecified atom stereocenters. The molecule has 1 saturated carbocycles. The van der Waals surface area contributed by atoms with Gasteiger partial charge in [0.05, 0.1) is 0 Å². The van der Waals surface area contributed by atoms with Crippen LogP contribution in [-0.4, -0.2) is 36.0 Å². The highest BCUT2D eigenvalue weighted by Crippen LogP contribution is 2.42. The minimum Gasteiger partial charge on any atom is -0.465 e. The summed E-state index contributed by atoms with van der Waals surface area (Å²) >= 11 is 2.27. The molecule has 0 bridgehead atoms. The van der Waals surface area contributed by atoms with E-state index >= 15 is 0 Å². The number of halogens is 1. The van der Waals surface area contributed by atoms with Crippen LogP contribution >= 0.6 is 22.6 Å². The van der Waals surface area contributed by atoms with Crippen molar-refractivity contribution in [3.8, 4) is 0 Å². The zero-order valence-electron chi connectivity index (χ0n) is 15.9. The highest BCUT2D eigenvalue weighted by molar-refractivity contribution is 14.1. The van der Waals surface area contributed by atoms with E-state index < -0.39 is 11.8 Å². The number of hydrogen-bond donors (Lipinski definition) is 1. The SMILES string of the molecule is COCO[C@](CC(C)C)(c1ccccc1I)N(C(=O)O)C1CCCCC1. The standard InChI is InChI=1S/C20H30INO4/c1-15(2)13-20(26-14-25-3,17-11-7-8-12-18(17)21)22(19(23)24)16-9-5-4-6-10-16/h7-8,11-12,15-16H,4-6,9-10,13-14H2,1-3H3,(H,23,24)/t20-/m1/s1. The lowest BCUT2D eigenvalue weighted by molar-refractivity contribution is -0.220. The third kappa shape index (κ3) is 4.89. The first-order chi connectivity index (χ1) is 12.4. The molecular weight excluding hydrogens is 445 g/mol. The Balaban J connectivity index is 2.60. The van der Waals surface area contributed by atoms with Gasteiger partial charge in [-0.05, 0) is 47.4 Å². The van der Waals surface area contributed by atoms with Crippen molar-refractivity contribution in [2.24, 2.45) is 5.92 Å². The Bertz CT molecular complexity index is 589. The number of carbonyl (C=O) groups is 1. The summed E-state index contributed by atoms with van der Waals surface area (Å²) in [6.45, 7) is 4.25. The Kier molecular flexibility index (Phi) is 8.16. The molecule has 5 nitrogen and oxygen atoms in total. The van der Waals surface area contributed by atoms with Crippen LogP contribution in [0, 0.1) is 9.49 Å². The number of nitrogens with zero attached hydrogens (tertiary/aromatic N) is 1. The van der Waals surface area contributed by atoms with Gasteiger partial charge >= 0.3 is 6.09 Å². The predicted octanol–water partition coefficient (Wildman–Crippen LogP) is 5.42.